The lowest BCUT2D eigenvalue weighted by atomic mass is 10.0. The SMILES string of the molecule is CCCCCCC(F)(CC)N(CC)CC. The van der Waals surface area contributed by atoms with Crippen LogP contribution in [-0.4, -0.2) is 23.8 Å². The summed E-state index contributed by atoms with van der Waals surface area (Å²) in [5.74, 6) is -1.06. The normalized spacial score (nSPS) is 15.6. The Balaban J connectivity index is 4.05. The van der Waals surface area contributed by atoms with E-state index in [2.05, 4.69) is 6.92 Å². The van der Waals surface area contributed by atoms with Crippen molar-refractivity contribution in [2.45, 2.75) is 72.0 Å². The number of nitrogens with zero attached hydrogens (tertiary/aromatic N) is 1. The third kappa shape index (κ3) is 4.96. The molecular weight excluding hydrogens is 189 g/mol. The summed E-state index contributed by atoms with van der Waals surface area (Å²) in [6, 6.07) is 0. The van der Waals surface area contributed by atoms with Crippen molar-refractivity contribution in [1.82, 2.24) is 4.90 Å². The molecule has 0 aliphatic rings. The van der Waals surface area contributed by atoms with Crippen LogP contribution in [0.1, 0.15) is 66.2 Å². The van der Waals surface area contributed by atoms with Gasteiger partial charge in [0.05, 0.1) is 0 Å². The van der Waals surface area contributed by atoms with E-state index in [4.69, 9.17) is 0 Å². The molecule has 1 atom stereocenters. The number of hydrogen-bond acceptors (Lipinski definition) is 1. The van der Waals surface area contributed by atoms with Gasteiger partial charge in [0.2, 0.25) is 0 Å². The Labute approximate surface area is 95.0 Å². The summed E-state index contributed by atoms with van der Waals surface area (Å²) in [5.41, 5.74) is 0. The number of alkyl halides is 1. The molecule has 92 valence electrons. The van der Waals surface area contributed by atoms with Gasteiger partial charge in [-0.1, -0.05) is 47.0 Å². The summed E-state index contributed by atoms with van der Waals surface area (Å²) in [6.07, 6.45) is 5.96. The van der Waals surface area contributed by atoms with Gasteiger partial charge in [0, 0.05) is 0 Å². The zero-order valence-corrected chi connectivity index (χ0v) is 11.0. The Bertz CT molecular complexity index is 145. The van der Waals surface area contributed by atoms with Gasteiger partial charge in [-0.05, 0) is 32.4 Å². The quantitative estimate of drug-likeness (QED) is 0.409. The van der Waals surface area contributed by atoms with Crippen molar-refractivity contribution in [2.75, 3.05) is 13.1 Å². The van der Waals surface area contributed by atoms with Crippen molar-refractivity contribution in [3.63, 3.8) is 0 Å². The first-order valence-electron chi connectivity index (χ1n) is 6.58. The predicted molar refractivity (Wildman–Crippen MR) is 65.8 cm³/mol. The Morgan fingerprint density at radius 2 is 1.53 bits per heavy atom. The van der Waals surface area contributed by atoms with Crippen molar-refractivity contribution in [3.05, 3.63) is 0 Å². The van der Waals surface area contributed by atoms with Crippen LogP contribution in [0.3, 0.4) is 0 Å². The van der Waals surface area contributed by atoms with E-state index in [1.807, 2.05) is 25.7 Å². The van der Waals surface area contributed by atoms with Crippen molar-refractivity contribution in [1.29, 1.82) is 0 Å². The monoisotopic (exact) mass is 217 g/mol. The lowest BCUT2D eigenvalue weighted by molar-refractivity contribution is -0.0407. The van der Waals surface area contributed by atoms with Crippen molar-refractivity contribution in [3.8, 4) is 0 Å². The second-order valence-corrected chi connectivity index (χ2v) is 4.25. The molecule has 0 heterocycles. The maximum atomic E-state index is 14.5. The molecule has 0 spiro atoms. The lowest BCUT2D eigenvalue weighted by Gasteiger charge is -2.35. The van der Waals surface area contributed by atoms with Crippen LogP contribution in [0, 0.1) is 0 Å². The molecule has 15 heavy (non-hydrogen) atoms. The van der Waals surface area contributed by atoms with Crippen LogP contribution in [0.4, 0.5) is 4.39 Å². The van der Waals surface area contributed by atoms with Gasteiger partial charge in [-0.2, -0.15) is 0 Å². The van der Waals surface area contributed by atoms with Gasteiger partial charge >= 0.3 is 0 Å². The van der Waals surface area contributed by atoms with Crippen LogP contribution in [0.5, 0.6) is 0 Å². The highest BCUT2D eigenvalue weighted by Crippen LogP contribution is 2.28. The Morgan fingerprint density at radius 1 is 0.933 bits per heavy atom. The third-order valence-corrected chi connectivity index (χ3v) is 3.29. The molecule has 0 aromatic carbocycles. The van der Waals surface area contributed by atoms with Crippen molar-refractivity contribution >= 4 is 0 Å². The van der Waals surface area contributed by atoms with Crippen LogP contribution < -0.4 is 0 Å². The van der Waals surface area contributed by atoms with E-state index in [1.54, 1.807) is 0 Å². The fourth-order valence-electron chi connectivity index (χ4n) is 2.17. The minimum absolute atomic E-state index is 0.612. The molecule has 0 bridgehead atoms. The second-order valence-electron chi connectivity index (χ2n) is 4.25. The Hall–Kier alpha value is -0.110. The Kier molecular flexibility index (Phi) is 8.03. The van der Waals surface area contributed by atoms with Gasteiger partial charge in [0.1, 0.15) is 0 Å². The van der Waals surface area contributed by atoms with E-state index in [0.717, 1.165) is 19.5 Å². The van der Waals surface area contributed by atoms with Crippen LogP contribution in [0.15, 0.2) is 0 Å². The number of hydrogen-bond donors (Lipinski definition) is 0. The summed E-state index contributed by atoms with van der Waals surface area (Å²) >= 11 is 0. The van der Waals surface area contributed by atoms with Crippen LogP contribution >= 0.6 is 0 Å². The highest BCUT2D eigenvalue weighted by Gasteiger charge is 2.32. The van der Waals surface area contributed by atoms with E-state index < -0.39 is 5.79 Å². The molecule has 0 aromatic heterocycles. The Morgan fingerprint density at radius 3 is 1.93 bits per heavy atom. The molecule has 0 saturated heterocycles. The van der Waals surface area contributed by atoms with Crippen molar-refractivity contribution in [2.24, 2.45) is 0 Å². The summed E-state index contributed by atoms with van der Waals surface area (Å²) in [4.78, 5) is 1.96. The highest BCUT2D eigenvalue weighted by atomic mass is 19.1. The smallest absolute Gasteiger partial charge is 0.163 e. The molecule has 0 fully saturated rings. The lowest BCUT2D eigenvalue weighted by Crippen LogP contribution is -2.44. The van der Waals surface area contributed by atoms with E-state index in [1.165, 1.54) is 19.3 Å². The zero-order chi connectivity index (χ0) is 11.7. The van der Waals surface area contributed by atoms with Gasteiger partial charge in [-0.15, -0.1) is 0 Å². The summed E-state index contributed by atoms with van der Waals surface area (Å²) in [7, 11) is 0. The first kappa shape index (κ1) is 14.9. The average Bonchev–Trinajstić information content (AvgIpc) is 2.26. The topological polar surface area (TPSA) is 3.24 Å². The van der Waals surface area contributed by atoms with E-state index >= 15 is 0 Å². The molecule has 0 aliphatic heterocycles. The van der Waals surface area contributed by atoms with E-state index in [9.17, 15) is 4.39 Å². The molecular formula is C13H28FN. The largest absolute Gasteiger partial charge is 0.272 e. The van der Waals surface area contributed by atoms with E-state index in [0.29, 0.717) is 12.8 Å². The van der Waals surface area contributed by atoms with Gasteiger partial charge in [0.15, 0.2) is 5.79 Å². The van der Waals surface area contributed by atoms with Gasteiger partial charge in [0.25, 0.3) is 0 Å². The molecule has 0 N–H and O–H groups in total. The predicted octanol–water partition coefficient (Wildman–Crippen LogP) is 4.37. The summed E-state index contributed by atoms with van der Waals surface area (Å²) in [5, 5.41) is 0. The molecule has 0 rings (SSSR count). The molecule has 0 aromatic rings. The molecule has 1 nitrogen and oxygen atoms in total. The molecule has 0 aliphatic carbocycles. The second kappa shape index (κ2) is 8.09. The number of rotatable bonds is 9. The third-order valence-electron chi connectivity index (χ3n) is 3.29. The highest BCUT2D eigenvalue weighted by molar-refractivity contribution is 4.77. The van der Waals surface area contributed by atoms with Crippen molar-refractivity contribution < 1.29 is 4.39 Å². The first-order valence-corrected chi connectivity index (χ1v) is 6.58. The maximum absolute atomic E-state index is 14.5. The maximum Gasteiger partial charge on any atom is 0.163 e. The number of halogens is 1. The van der Waals surface area contributed by atoms with E-state index in [-0.39, 0.29) is 0 Å². The first-order chi connectivity index (χ1) is 7.14. The minimum Gasteiger partial charge on any atom is -0.272 e. The molecule has 0 radical (unpaired) electrons. The molecule has 0 amide bonds. The number of unbranched alkanes of at least 4 members (excludes halogenated alkanes) is 3. The standard InChI is InChI=1S/C13H28FN/c1-5-9-10-11-12-13(14,6-2)15(7-3)8-4/h5-12H2,1-4H3. The summed E-state index contributed by atoms with van der Waals surface area (Å²) < 4.78 is 14.5. The van der Waals surface area contributed by atoms with Crippen LogP contribution in [0.25, 0.3) is 0 Å². The van der Waals surface area contributed by atoms with Gasteiger partial charge in [-0.3, -0.25) is 4.90 Å². The molecule has 2 heteroatoms. The summed E-state index contributed by atoms with van der Waals surface area (Å²) in [6.45, 7) is 9.85. The van der Waals surface area contributed by atoms with Gasteiger partial charge < -0.3 is 0 Å². The fourth-order valence-corrected chi connectivity index (χ4v) is 2.17. The van der Waals surface area contributed by atoms with Crippen LogP contribution in [0.2, 0.25) is 0 Å². The molecule has 1 unspecified atom stereocenters. The minimum atomic E-state index is -1.06. The average molecular weight is 217 g/mol. The van der Waals surface area contributed by atoms with Crippen LogP contribution in [-0.2, 0) is 0 Å². The zero-order valence-electron chi connectivity index (χ0n) is 11.0. The van der Waals surface area contributed by atoms with Gasteiger partial charge in [-0.25, -0.2) is 4.39 Å². The molecule has 0 saturated carbocycles. The fraction of sp³-hybridized carbons (Fsp3) is 1.00.